The van der Waals surface area contributed by atoms with E-state index < -0.39 is 47.2 Å². The van der Waals surface area contributed by atoms with Gasteiger partial charge in [-0.15, -0.1) is 0 Å². The Kier molecular flexibility index (Phi) is 7.95. The maximum absolute atomic E-state index is 14.4. The maximum atomic E-state index is 14.4. The van der Waals surface area contributed by atoms with Crippen molar-refractivity contribution in [3.05, 3.63) is 70.7 Å². The van der Waals surface area contributed by atoms with Crippen LogP contribution in [0.1, 0.15) is 29.9 Å². The lowest BCUT2D eigenvalue weighted by Gasteiger charge is -2.30. The van der Waals surface area contributed by atoms with E-state index in [1.165, 1.54) is 17.0 Å². The van der Waals surface area contributed by atoms with Gasteiger partial charge in [-0.1, -0.05) is 6.07 Å². The Balaban J connectivity index is 1.51. The number of carbonyl (C=O) groups excluding carboxylic acids is 2. The van der Waals surface area contributed by atoms with Gasteiger partial charge in [0.05, 0.1) is 23.6 Å². The van der Waals surface area contributed by atoms with Gasteiger partial charge >= 0.3 is 6.18 Å². The number of fused-ring (bicyclic) bond motifs is 1. The summed E-state index contributed by atoms with van der Waals surface area (Å²) in [7, 11) is 0. The molecule has 1 aliphatic heterocycles. The highest BCUT2D eigenvalue weighted by atomic mass is 19.4. The number of nitrogens with one attached hydrogen (secondary N) is 1. The van der Waals surface area contributed by atoms with Crippen LogP contribution in [0.2, 0.25) is 0 Å². The number of hydrogen-bond donors (Lipinski definition) is 2. The Morgan fingerprint density at radius 1 is 1.05 bits per heavy atom. The highest BCUT2D eigenvalue weighted by molar-refractivity contribution is 5.78. The van der Waals surface area contributed by atoms with E-state index in [1.54, 1.807) is 0 Å². The number of benzene rings is 2. The van der Waals surface area contributed by atoms with Crippen molar-refractivity contribution >= 4 is 18.0 Å². The van der Waals surface area contributed by atoms with E-state index in [0.29, 0.717) is 6.07 Å². The van der Waals surface area contributed by atoms with E-state index in [4.69, 9.17) is 5.73 Å². The molecule has 1 aromatic heterocycles. The topological polar surface area (TPSA) is 93.2 Å². The molecule has 7 nitrogen and oxygen atoms in total. The molecule has 208 valence electrons. The number of aryl methyl sites for hydroxylation is 1. The molecule has 39 heavy (non-hydrogen) atoms. The molecule has 14 heteroatoms. The maximum Gasteiger partial charge on any atom is 0.449 e. The average molecular weight is 557 g/mol. The van der Waals surface area contributed by atoms with Crippen molar-refractivity contribution in [2.45, 2.75) is 44.6 Å². The second-order valence-corrected chi connectivity index (χ2v) is 9.01. The second kappa shape index (κ2) is 11.0. The Bertz CT molecular complexity index is 1410. The fourth-order valence-corrected chi connectivity index (χ4v) is 4.42. The molecule has 0 spiro atoms. The van der Waals surface area contributed by atoms with Gasteiger partial charge in [0.15, 0.2) is 11.6 Å². The molecule has 0 fully saturated rings. The number of imidazole rings is 1. The van der Waals surface area contributed by atoms with Crippen molar-refractivity contribution in [1.29, 1.82) is 0 Å². The highest BCUT2D eigenvalue weighted by Gasteiger charge is 2.41. The van der Waals surface area contributed by atoms with Crippen LogP contribution in [0.4, 0.5) is 36.4 Å². The summed E-state index contributed by atoms with van der Waals surface area (Å²) in [4.78, 5) is 28.5. The molecule has 1 aliphatic rings. The molecule has 0 aliphatic carbocycles. The Labute approximate surface area is 217 Å². The zero-order chi connectivity index (χ0) is 28.5. The van der Waals surface area contributed by atoms with Gasteiger partial charge in [-0.3, -0.25) is 9.59 Å². The molecule has 0 bridgehead atoms. The van der Waals surface area contributed by atoms with Gasteiger partial charge in [0.2, 0.25) is 18.1 Å². The summed E-state index contributed by atoms with van der Waals surface area (Å²) in [5, 5.41) is 2.13. The van der Waals surface area contributed by atoms with E-state index >= 15 is 0 Å². The molecule has 0 radical (unpaired) electrons. The minimum Gasteiger partial charge on any atom is -0.335 e. The van der Waals surface area contributed by atoms with E-state index in [-0.39, 0.29) is 73.5 Å². The van der Waals surface area contributed by atoms with Crippen LogP contribution in [0.3, 0.4) is 0 Å². The predicted octanol–water partition coefficient (Wildman–Crippen LogP) is 4.39. The molecular formula is C25H22F7N5O2. The van der Waals surface area contributed by atoms with E-state index in [0.717, 1.165) is 16.7 Å². The molecular weight excluding hydrogens is 535 g/mol. The van der Waals surface area contributed by atoms with Crippen molar-refractivity contribution in [1.82, 2.24) is 14.5 Å². The van der Waals surface area contributed by atoms with Crippen molar-refractivity contribution < 1.29 is 40.3 Å². The Morgan fingerprint density at radius 2 is 1.77 bits per heavy atom. The molecule has 2 aromatic carbocycles. The third-order valence-corrected chi connectivity index (χ3v) is 6.38. The fraction of sp³-hybridized carbons (Fsp3) is 0.320. The molecule has 4 rings (SSSR count). The minimum absolute atomic E-state index is 0.0164. The lowest BCUT2D eigenvalue weighted by Crippen LogP contribution is -2.41. The van der Waals surface area contributed by atoms with Gasteiger partial charge in [-0.05, 0) is 36.6 Å². The number of carbonyl (C=O) groups is 2. The molecule has 0 saturated heterocycles. The van der Waals surface area contributed by atoms with Crippen LogP contribution in [0, 0.1) is 23.3 Å². The van der Waals surface area contributed by atoms with Gasteiger partial charge in [-0.25, -0.2) is 22.5 Å². The van der Waals surface area contributed by atoms with Gasteiger partial charge in [0.1, 0.15) is 11.6 Å². The quantitative estimate of drug-likeness (QED) is 0.244. The number of nitrogens with zero attached hydrogens (tertiary/aromatic N) is 3. The number of aromatic nitrogens is 2. The first-order valence-corrected chi connectivity index (χ1v) is 11.7. The average Bonchev–Trinajstić information content (AvgIpc) is 3.26. The Hall–Kier alpha value is -3.94. The molecule has 1 unspecified atom stereocenters. The monoisotopic (exact) mass is 557 g/mol. The van der Waals surface area contributed by atoms with E-state index in [2.05, 4.69) is 10.3 Å². The number of hydrogen-bond acceptors (Lipinski definition) is 4. The van der Waals surface area contributed by atoms with Crippen LogP contribution in [0.5, 0.6) is 0 Å². The molecule has 3 aromatic rings. The summed E-state index contributed by atoms with van der Waals surface area (Å²) in [5.74, 6) is -6.07. The highest BCUT2D eigenvalue weighted by Crippen LogP contribution is 2.36. The summed E-state index contributed by atoms with van der Waals surface area (Å²) >= 11 is 0. The van der Waals surface area contributed by atoms with Crippen molar-refractivity contribution in [3.63, 3.8) is 0 Å². The smallest absolute Gasteiger partial charge is 0.335 e. The number of rotatable bonds is 8. The Morgan fingerprint density at radius 3 is 2.44 bits per heavy atom. The van der Waals surface area contributed by atoms with Crippen molar-refractivity contribution in [3.8, 4) is 11.3 Å². The minimum atomic E-state index is -4.81. The lowest BCUT2D eigenvalue weighted by molar-refractivity contribution is -0.148. The second-order valence-electron chi connectivity index (χ2n) is 9.01. The molecule has 3 N–H and O–H groups in total. The number of halogens is 7. The van der Waals surface area contributed by atoms with Crippen LogP contribution in [-0.4, -0.2) is 39.4 Å². The number of anilines is 1. The summed E-state index contributed by atoms with van der Waals surface area (Å²) < 4.78 is 96.8. The van der Waals surface area contributed by atoms with Crippen LogP contribution in [0.15, 0.2) is 30.3 Å². The first-order chi connectivity index (χ1) is 18.4. The third-order valence-electron chi connectivity index (χ3n) is 6.38. The third kappa shape index (κ3) is 6.05. The van der Waals surface area contributed by atoms with E-state index in [9.17, 15) is 40.3 Å². The van der Waals surface area contributed by atoms with Gasteiger partial charge in [0, 0.05) is 37.2 Å². The molecule has 2 heterocycles. The number of nitrogens with two attached hydrogens (primary N) is 1. The first kappa shape index (κ1) is 28.1. The predicted molar refractivity (Wildman–Crippen MR) is 125 cm³/mol. The summed E-state index contributed by atoms with van der Waals surface area (Å²) in [5.41, 5.74) is 5.60. The van der Waals surface area contributed by atoms with Crippen LogP contribution < -0.4 is 11.1 Å². The summed E-state index contributed by atoms with van der Waals surface area (Å²) in [6.07, 6.45) is -4.80. The number of amides is 2. The summed E-state index contributed by atoms with van der Waals surface area (Å²) in [6, 6.07) is 3.75. The lowest BCUT2D eigenvalue weighted by atomic mass is 10.0. The molecule has 0 saturated carbocycles. The summed E-state index contributed by atoms with van der Waals surface area (Å²) in [6.45, 7) is -0.574. The fourth-order valence-electron chi connectivity index (χ4n) is 4.42. The van der Waals surface area contributed by atoms with Gasteiger partial charge in [0.25, 0.3) is 0 Å². The van der Waals surface area contributed by atoms with Gasteiger partial charge < -0.3 is 20.5 Å². The SMILES string of the molecule is NC(CCc1cc(F)c(F)cc1F)CC(=O)N1CCn2c(C(F)(F)F)nc(-c3ccc(NC=O)c(F)c3)c2C1. The standard InChI is InChI=1S/C25H22F7N5O2/c26-16-10-18(28)17(27)7-13(16)1-3-15(33)9-22(39)36-5-6-37-21(11-36)23(35-24(37)25(30,31)32)14-2-4-20(34-12-38)19(29)8-14/h2,4,7-8,10,12,15H,1,3,5-6,9,11,33H2,(H,34,38). The van der Waals surface area contributed by atoms with E-state index in [1.807, 2.05) is 0 Å². The van der Waals surface area contributed by atoms with Gasteiger partial charge in [-0.2, -0.15) is 13.2 Å². The van der Waals surface area contributed by atoms with Crippen molar-refractivity contribution in [2.24, 2.45) is 5.73 Å². The zero-order valence-corrected chi connectivity index (χ0v) is 20.2. The molecule has 2 amide bonds. The number of alkyl halides is 3. The largest absolute Gasteiger partial charge is 0.449 e. The van der Waals surface area contributed by atoms with Crippen LogP contribution in [0.25, 0.3) is 11.3 Å². The van der Waals surface area contributed by atoms with Crippen molar-refractivity contribution in [2.75, 3.05) is 11.9 Å². The van der Waals surface area contributed by atoms with Crippen LogP contribution in [-0.2, 0) is 35.3 Å². The normalized spacial score (nSPS) is 14.2. The first-order valence-electron chi connectivity index (χ1n) is 11.7. The van der Waals surface area contributed by atoms with Crippen LogP contribution >= 0.6 is 0 Å². The molecule has 1 atom stereocenters. The zero-order valence-electron chi connectivity index (χ0n) is 20.2.